The summed E-state index contributed by atoms with van der Waals surface area (Å²) in [6.07, 6.45) is 0. The maximum atomic E-state index is 13.9. The van der Waals surface area contributed by atoms with E-state index in [1.807, 2.05) is 24.3 Å². The first-order chi connectivity index (χ1) is 48.5. The van der Waals surface area contributed by atoms with Crippen molar-refractivity contribution in [1.29, 1.82) is 10.5 Å². The molecule has 100 heavy (non-hydrogen) atoms. The number of hydrogen-bond acceptors (Lipinski definition) is 12. The van der Waals surface area contributed by atoms with Crippen molar-refractivity contribution in [2.75, 3.05) is 0 Å². The van der Waals surface area contributed by atoms with Gasteiger partial charge in [0.25, 0.3) is 11.4 Å². The number of thiophene rings is 8. The van der Waals surface area contributed by atoms with Gasteiger partial charge in [-0.1, -0.05) is 48.5 Å². The SMILES string of the molecule is Cc1cc(-c2sccc2C)sc1-c1ccc2c(c1)c(=O)c1cc3c(cc12)c(=O)c1cc(-c2sc(-c4sccc4C)cc2C)ccc13.[C-]#[N+]/C(C#N)=C1/c2cc(-c3sc(-c4sccc4C)cc3C)ccc2-c2cc3c(cc21)-c1ccc(-c2sc(-c4sccc4C)cc2C)cc1/C3=C(/C#N)[N+]#[C-]. The first-order valence-electron chi connectivity index (χ1n) is 32.2. The molecule has 0 unspecified atom stereocenters. The molecule has 0 N–H and O–H groups in total. The van der Waals surface area contributed by atoms with Gasteiger partial charge in [-0.05, 0) is 307 Å². The number of aryl methyl sites for hydroxylation is 8. The summed E-state index contributed by atoms with van der Waals surface area (Å²) in [6.45, 7) is 33.2. The molecule has 0 saturated carbocycles. The Morgan fingerprint density at radius 2 is 0.590 bits per heavy atom. The van der Waals surface area contributed by atoms with E-state index in [0.29, 0.717) is 32.7 Å². The minimum Gasteiger partial charge on any atom is -0.289 e. The molecule has 14 heteroatoms. The lowest BCUT2D eigenvalue weighted by Gasteiger charge is -2.09. The predicted octanol–water partition coefficient (Wildman–Crippen LogP) is 26.2. The molecule has 8 heterocycles. The minimum absolute atomic E-state index is 0.0290. The molecule has 16 aromatic rings. The van der Waals surface area contributed by atoms with Gasteiger partial charge in [0, 0.05) is 91.2 Å². The maximum Gasteiger partial charge on any atom is 0.270 e. The van der Waals surface area contributed by atoms with E-state index in [-0.39, 0.29) is 22.3 Å². The molecule has 8 aromatic carbocycles. The van der Waals surface area contributed by atoms with E-state index in [9.17, 15) is 20.1 Å². The zero-order valence-corrected chi connectivity index (χ0v) is 61.6. The Kier molecular flexibility index (Phi) is 15.3. The third-order valence-electron chi connectivity index (χ3n) is 19.6. The maximum absolute atomic E-state index is 13.9. The lowest BCUT2D eigenvalue weighted by Crippen LogP contribution is -1.95. The molecule has 0 fully saturated rings. The van der Waals surface area contributed by atoms with Gasteiger partial charge in [0.2, 0.25) is 0 Å². The zero-order chi connectivity index (χ0) is 68.8. The fourth-order valence-corrected chi connectivity index (χ4v) is 23.9. The Morgan fingerprint density at radius 3 is 0.880 bits per heavy atom. The summed E-state index contributed by atoms with van der Waals surface area (Å²) in [5.74, 6) is 0. The summed E-state index contributed by atoms with van der Waals surface area (Å²) in [7, 11) is 0. The van der Waals surface area contributed by atoms with Crippen molar-refractivity contribution < 1.29 is 0 Å². The minimum atomic E-state index is 0.0290. The molecule has 0 saturated heterocycles. The second kappa shape index (κ2) is 24.3. The fourth-order valence-electron chi connectivity index (χ4n) is 14.7. The van der Waals surface area contributed by atoms with Gasteiger partial charge < -0.3 is 0 Å². The monoisotopic (exact) mass is 1430 g/mol. The molecule has 2 aliphatic rings. The van der Waals surface area contributed by atoms with E-state index in [2.05, 4.69) is 220 Å². The molecule has 0 atom stereocenters. The van der Waals surface area contributed by atoms with E-state index < -0.39 is 0 Å². The number of rotatable bonds is 8. The Labute approximate surface area is 609 Å². The highest BCUT2D eigenvalue weighted by atomic mass is 32.1. The largest absolute Gasteiger partial charge is 0.289 e. The molecular formula is C86H52N4O2S8. The van der Waals surface area contributed by atoms with Crippen molar-refractivity contribution in [3.05, 3.63) is 289 Å². The van der Waals surface area contributed by atoms with Gasteiger partial charge in [-0.15, -0.1) is 90.7 Å². The standard InChI is InChI=1S/C46H26N4S4.C40H26O2S4/c1-23-11-13-51-45(23)39-15-25(3)43(53-39)27-7-9-29-31-19-36-32(20-35(31)41(33(29)17-27)37(21-47)49-5)30-10-8-28(18-34(30)42(36)38(22-48)50-6)44-26(4)16-40(54-44)46-24(2)12-14-52-46;1-19-9-11-43-39(19)33-13-21(3)37(45-33)23-5-7-25-27-17-32-28(18-31(27)35(41)29(25)15-23)26-8-6-24(16-30(26)36(32)42)38-22(4)14-34(46-38)40-20(2)10-12-44-40/h7-20H,1-4H3;5-18H,1-4H3/b41-37-,42-38+;. The smallest absolute Gasteiger partial charge is 0.270 e. The fraction of sp³-hybridized carbons (Fsp3) is 0.0930. The lowest BCUT2D eigenvalue weighted by atomic mass is 9.95. The average molecular weight is 1430 g/mol. The number of nitrogens with zero attached hydrogens (tertiary/aromatic N) is 4. The van der Waals surface area contributed by atoms with Crippen molar-refractivity contribution in [3.8, 4) is 115 Å². The molecule has 0 aliphatic heterocycles. The van der Waals surface area contributed by atoms with Crippen LogP contribution in [0, 0.1) is 91.2 Å². The Balaban J connectivity index is 0.000000151. The van der Waals surface area contributed by atoms with Gasteiger partial charge >= 0.3 is 0 Å². The van der Waals surface area contributed by atoms with Crippen molar-refractivity contribution >= 4 is 145 Å². The predicted molar refractivity (Wildman–Crippen MR) is 430 cm³/mol. The van der Waals surface area contributed by atoms with E-state index in [4.69, 9.17) is 13.1 Å². The van der Waals surface area contributed by atoms with Crippen LogP contribution in [0.25, 0.3) is 167 Å². The normalized spacial score (nSPS) is 13.1. The van der Waals surface area contributed by atoms with Crippen LogP contribution >= 0.6 is 90.7 Å². The summed E-state index contributed by atoms with van der Waals surface area (Å²) in [5.41, 5.74) is 22.4. The summed E-state index contributed by atoms with van der Waals surface area (Å²) in [4.78, 5) is 50.1. The first kappa shape index (κ1) is 63.2. The van der Waals surface area contributed by atoms with Gasteiger partial charge in [0.1, 0.15) is 0 Å². The van der Waals surface area contributed by atoms with Crippen LogP contribution in [0.15, 0.2) is 188 Å². The molecular weight excluding hydrogens is 1380 g/mol. The van der Waals surface area contributed by atoms with Crippen LogP contribution in [0.3, 0.4) is 0 Å². The van der Waals surface area contributed by atoms with Crippen LogP contribution in [-0.2, 0) is 0 Å². The highest BCUT2D eigenvalue weighted by molar-refractivity contribution is 7.25. The van der Waals surface area contributed by atoms with Crippen LogP contribution in [0.5, 0.6) is 0 Å². The molecule has 0 amide bonds. The summed E-state index contributed by atoms with van der Waals surface area (Å²) in [6, 6.07) is 55.2. The van der Waals surface area contributed by atoms with Crippen molar-refractivity contribution in [2.45, 2.75) is 55.4 Å². The third-order valence-corrected chi connectivity index (χ3v) is 29.5. The third kappa shape index (κ3) is 9.93. The number of nitriles is 2. The van der Waals surface area contributed by atoms with Crippen LogP contribution in [0.2, 0.25) is 0 Å². The number of benzene rings is 6. The van der Waals surface area contributed by atoms with E-state index in [1.54, 1.807) is 90.7 Å². The van der Waals surface area contributed by atoms with E-state index in [1.165, 1.54) is 93.3 Å². The molecule has 0 bridgehead atoms. The number of hydrogen-bond donors (Lipinski definition) is 0. The Morgan fingerprint density at radius 1 is 0.300 bits per heavy atom. The summed E-state index contributed by atoms with van der Waals surface area (Å²) < 4.78 is 0. The second-order valence-electron chi connectivity index (χ2n) is 25.7. The van der Waals surface area contributed by atoms with Gasteiger partial charge in [0.05, 0.1) is 25.3 Å². The molecule has 8 aromatic heterocycles. The summed E-state index contributed by atoms with van der Waals surface area (Å²) in [5, 5.41) is 35.4. The summed E-state index contributed by atoms with van der Waals surface area (Å²) >= 11 is 14.1. The topological polar surface area (TPSA) is 90.4 Å². The Bertz CT molecular complexity index is 6190. The quantitative estimate of drug-likeness (QED) is 0.112. The molecule has 18 rings (SSSR count). The van der Waals surface area contributed by atoms with Gasteiger partial charge in [-0.25, -0.2) is 20.2 Å². The highest BCUT2D eigenvalue weighted by Crippen LogP contribution is 2.56. The zero-order valence-electron chi connectivity index (χ0n) is 55.0. The average Bonchev–Trinajstić information content (AvgIpc) is 1.56. The van der Waals surface area contributed by atoms with Gasteiger partial charge in [-0.3, -0.25) is 9.59 Å². The highest BCUT2D eigenvalue weighted by Gasteiger charge is 2.35. The van der Waals surface area contributed by atoms with E-state index >= 15 is 0 Å². The van der Waals surface area contributed by atoms with Crippen molar-refractivity contribution in [3.63, 3.8) is 0 Å². The number of allylic oxidation sites excluding steroid dienone is 2. The van der Waals surface area contributed by atoms with Gasteiger partial charge in [-0.2, -0.15) is 0 Å². The molecule has 6 nitrogen and oxygen atoms in total. The van der Waals surface area contributed by atoms with Crippen molar-refractivity contribution in [1.82, 2.24) is 0 Å². The van der Waals surface area contributed by atoms with E-state index in [0.717, 1.165) is 98.1 Å². The Hall–Kier alpha value is -10.3. The number of fused-ring (bicyclic) bond motifs is 12. The lowest BCUT2D eigenvalue weighted by molar-refractivity contribution is 1.49. The molecule has 476 valence electrons. The molecule has 2 aliphatic carbocycles. The van der Waals surface area contributed by atoms with Crippen LogP contribution < -0.4 is 10.9 Å². The van der Waals surface area contributed by atoms with Crippen molar-refractivity contribution in [2.24, 2.45) is 0 Å². The second-order valence-corrected chi connectivity index (χ2v) is 33.6. The molecule has 0 spiro atoms. The van der Waals surface area contributed by atoms with Gasteiger partial charge in [0.15, 0.2) is 10.9 Å². The van der Waals surface area contributed by atoms with Crippen LogP contribution in [-0.4, -0.2) is 0 Å². The first-order valence-corrected chi connectivity index (χ1v) is 39.0. The van der Waals surface area contributed by atoms with Crippen LogP contribution in [0.4, 0.5) is 0 Å². The molecule has 0 radical (unpaired) electrons. The van der Waals surface area contributed by atoms with Crippen LogP contribution in [0.1, 0.15) is 66.8 Å².